The normalized spacial score (nSPS) is 11.2. The minimum Gasteiger partial charge on any atom is -0.484 e. The number of halogens is 5. The molecule has 0 aliphatic carbocycles. The number of carbonyl (C=O) groups is 1. The van der Waals surface area contributed by atoms with E-state index in [2.05, 4.69) is 0 Å². The summed E-state index contributed by atoms with van der Waals surface area (Å²) in [5.74, 6) is 0.824. The fourth-order valence-electron chi connectivity index (χ4n) is 1.63. The quantitative estimate of drug-likeness (QED) is 0.675. The van der Waals surface area contributed by atoms with E-state index in [0.717, 1.165) is 18.2 Å². The number of ether oxygens (including phenoxy) is 2. The van der Waals surface area contributed by atoms with Crippen LogP contribution in [0.1, 0.15) is 5.56 Å². The van der Waals surface area contributed by atoms with Crippen LogP contribution in [-0.2, 0) is 11.0 Å². The summed E-state index contributed by atoms with van der Waals surface area (Å²) >= 11 is 10.9. The Balaban J connectivity index is 2.09. The molecule has 0 bridgehead atoms. The molecule has 0 fully saturated rings. The molecule has 8 heteroatoms. The summed E-state index contributed by atoms with van der Waals surface area (Å²) in [5, 5.41) is -0.797. The zero-order valence-electron chi connectivity index (χ0n) is 11.4. The van der Waals surface area contributed by atoms with Crippen molar-refractivity contribution in [1.82, 2.24) is 0 Å². The van der Waals surface area contributed by atoms with Crippen LogP contribution in [0.5, 0.6) is 17.2 Å². The van der Waals surface area contributed by atoms with E-state index in [-0.39, 0.29) is 17.4 Å². The second kappa shape index (κ2) is 7.10. The molecule has 0 amide bonds. The lowest BCUT2D eigenvalue weighted by atomic mass is 10.2. The van der Waals surface area contributed by atoms with Gasteiger partial charge in [-0.05, 0) is 54.1 Å². The van der Waals surface area contributed by atoms with E-state index in [4.69, 9.17) is 32.7 Å². The third kappa shape index (κ3) is 5.04. The molecule has 0 spiro atoms. The molecule has 122 valence electrons. The lowest BCUT2D eigenvalue weighted by molar-refractivity contribution is -0.137. The molecule has 0 saturated carbocycles. The molecule has 0 unspecified atom stereocenters. The van der Waals surface area contributed by atoms with E-state index in [1.54, 1.807) is 0 Å². The van der Waals surface area contributed by atoms with Gasteiger partial charge in [0.1, 0.15) is 17.2 Å². The zero-order valence-corrected chi connectivity index (χ0v) is 12.9. The molecule has 0 atom stereocenters. The summed E-state index contributed by atoms with van der Waals surface area (Å²) in [6, 6.07) is 8.89. The number of rotatable bonds is 5. The van der Waals surface area contributed by atoms with Gasteiger partial charge in [-0.2, -0.15) is 13.2 Å². The van der Waals surface area contributed by atoms with Crippen molar-refractivity contribution in [2.75, 3.05) is 6.61 Å². The van der Waals surface area contributed by atoms with Crippen molar-refractivity contribution >= 4 is 28.4 Å². The summed E-state index contributed by atoms with van der Waals surface area (Å²) in [6.07, 6.45) is -4.47. The van der Waals surface area contributed by atoms with Crippen LogP contribution in [0.2, 0.25) is 5.02 Å². The Hall–Kier alpha value is -1.92. The molecule has 0 aliphatic rings. The Bertz CT molecular complexity index is 700. The molecule has 0 heterocycles. The summed E-state index contributed by atoms with van der Waals surface area (Å²) in [5.41, 5.74) is -0.857. The van der Waals surface area contributed by atoms with Crippen LogP contribution < -0.4 is 9.47 Å². The second-order valence-electron chi connectivity index (χ2n) is 4.36. The first kappa shape index (κ1) is 17.4. The Labute approximate surface area is 139 Å². The number of carbonyl (C=O) groups excluding carboxylic acids is 1. The third-order valence-corrected chi connectivity index (χ3v) is 3.07. The molecular formula is C15H9Cl2F3O3. The Morgan fingerprint density at radius 2 is 1.65 bits per heavy atom. The van der Waals surface area contributed by atoms with Gasteiger partial charge in [0.05, 0.1) is 10.6 Å². The molecule has 0 saturated heterocycles. The number of hydrogen-bond acceptors (Lipinski definition) is 3. The van der Waals surface area contributed by atoms with E-state index in [1.165, 1.54) is 24.3 Å². The van der Waals surface area contributed by atoms with Gasteiger partial charge in [-0.1, -0.05) is 11.6 Å². The van der Waals surface area contributed by atoms with Crippen LogP contribution in [-0.4, -0.2) is 11.8 Å². The lowest BCUT2D eigenvalue weighted by Gasteiger charge is -2.11. The molecule has 23 heavy (non-hydrogen) atoms. The predicted molar refractivity (Wildman–Crippen MR) is 79.3 cm³/mol. The number of benzene rings is 2. The SMILES string of the molecule is O=C(Cl)COc1ccc(Oc2ccc(C(F)(F)F)cc2Cl)cc1. The van der Waals surface area contributed by atoms with Gasteiger partial charge < -0.3 is 9.47 Å². The molecule has 2 rings (SSSR count). The second-order valence-corrected chi connectivity index (χ2v) is 5.19. The minimum absolute atomic E-state index is 0.0873. The summed E-state index contributed by atoms with van der Waals surface area (Å²) in [6.45, 7) is -0.271. The van der Waals surface area contributed by atoms with Crippen molar-refractivity contribution in [3.8, 4) is 17.2 Å². The predicted octanol–water partition coefficient (Wildman–Crippen LogP) is 5.30. The molecule has 3 nitrogen and oxygen atoms in total. The van der Waals surface area contributed by atoms with Crippen LogP contribution in [0.4, 0.5) is 13.2 Å². The molecule has 2 aromatic rings. The van der Waals surface area contributed by atoms with Crippen molar-refractivity contribution in [3.05, 3.63) is 53.1 Å². The third-order valence-electron chi connectivity index (χ3n) is 2.66. The summed E-state index contributed by atoms with van der Waals surface area (Å²) < 4.78 is 48.1. The zero-order chi connectivity index (χ0) is 17.0. The number of alkyl halides is 3. The topological polar surface area (TPSA) is 35.5 Å². The largest absolute Gasteiger partial charge is 0.484 e. The maximum Gasteiger partial charge on any atom is 0.416 e. The molecular weight excluding hydrogens is 356 g/mol. The fourth-order valence-corrected chi connectivity index (χ4v) is 1.90. The van der Waals surface area contributed by atoms with Crippen LogP contribution in [0.15, 0.2) is 42.5 Å². The molecule has 2 aromatic carbocycles. The summed E-state index contributed by atoms with van der Waals surface area (Å²) in [7, 11) is 0. The summed E-state index contributed by atoms with van der Waals surface area (Å²) in [4.78, 5) is 10.6. The maximum absolute atomic E-state index is 12.6. The first-order valence-corrected chi connectivity index (χ1v) is 6.97. The van der Waals surface area contributed by atoms with Crippen molar-refractivity contribution in [2.24, 2.45) is 0 Å². The van der Waals surface area contributed by atoms with Crippen LogP contribution in [0, 0.1) is 0 Å². The van der Waals surface area contributed by atoms with Crippen molar-refractivity contribution < 1.29 is 27.4 Å². The first-order valence-electron chi connectivity index (χ1n) is 6.21. The fraction of sp³-hybridized carbons (Fsp3) is 0.133. The van der Waals surface area contributed by atoms with Gasteiger partial charge in [0.15, 0.2) is 6.61 Å². The molecule has 0 N–H and O–H groups in total. The average molecular weight is 365 g/mol. The van der Waals surface area contributed by atoms with Gasteiger partial charge in [0, 0.05) is 0 Å². The average Bonchev–Trinajstić information content (AvgIpc) is 2.47. The van der Waals surface area contributed by atoms with Crippen LogP contribution >= 0.6 is 23.2 Å². The van der Waals surface area contributed by atoms with Crippen molar-refractivity contribution in [2.45, 2.75) is 6.18 Å². The van der Waals surface area contributed by atoms with E-state index >= 15 is 0 Å². The Morgan fingerprint density at radius 1 is 1.04 bits per heavy atom. The number of hydrogen-bond donors (Lipinski definition) is 0. The highest BCUT2D eigenvalue weighted by Gasteiger charge is 2.31. The van der Waals surface area contributed by atoms with Gasteiger partial charge in [0.2, 0.25) is 0 Å². The molecule has 0 aromatic heterocycles. The lowest BCUT2D eigenvalue weighted by Crippen LogP contribution is -2.04. The van der Waals surface area contributed by atoms with Crippen LogP contribution in [0.25, 0.3) is 0 Å². The van der Waals surface area contributed by atoms with Crippen molar-refractivity contribution in [1.29, 1.82) is 0 Å². The smallest absolute Gasteiger partial charge is 0.416 e. The van der Waals surface area contributed by atoms with E-state index < -0.39 is 17.0 Å². The monoisotopic (exact) mass is 364 g/mol. The van der Waals surface area contributed by atoms with E-state index in [9.17, 15) is 18.0 Å². The maximum atomic E-state index is 12.6. The highest BCUT2D eigenvalue weighted by atomic mass is 35.5. The highest BCUT2D eigenvalue weighted by Crippen LogP contribution is 2.36. The van der Waals surface area contributed by atoms with E-state index in [1.807, 2.05) is 0 Å². The molecule has 0 radical (unpaired) electrons. The first-order chi connectivity index (χ1) is 10.8. The Kier molecular flexibility index (Phi) is 5.38. The highest BCUT2D eigenvalue weighted by molar-refractivity contribution is 6.63. The van der Waals surface area contributed by atoms with Gasteiger partial charge in [-0.3, -0.25) is 4.79 Å². The van der Waals surface area contributed by atoms with Gasteiger partial charge in [0.25, 0.3) is 5.24 Å². The van der Waals surface area contributed by atoms with E-state index in [0.29, 0.717) is 11.5 Å². The van der Waals surface area contributed by atoms with Crippen LogP contribution in [0.3, 0.4) is 0 Å². The molecule has 0 aliphatic heterocycles. The Morgan fingerprint density at radius 3 is 2.17 bits per heavy atom. The van der Waals surface area contributed by atoms with Gasteiger partial charge in [-0.15, -0.1) is 0 Å². The van der Waals surface area contributed by atoms with Crippen molar-refractivity contribution in [3.63, 3.8) is 0 Å². The van der Waals surface area contributed by atoms with Gasteiger partial charge in [-0.25, -0.2) is 0 Å². The standard InChI is InChI=1S/C15H9Cl2F3O3/c16-12-7-9(15(18,19)20)1-6-13(12)23-11-4-2-10(3-5-11)22-8-14(17)21/h1-7H,8H2. The minimum atomic E-state index is -4.47. The van der Waals surface area contributed by atoms with Gasteiger partial charge >= 0.3 is 6.18 Å².